The van der Waals surface area contributed by atoms with E-state index in [0.29, 0.717) is 6.42 Å². The van der Waals surface area contributed by atoms with Crippen molar-refractivity contribution in [1.29, 1.82) is 0 Å². The zero-order valence-corrected chi connectivity index (χ0v) is 11.4. The molecule has 98 valence electrons. The lowest BCUT2D eigenvalue weighted by molar-refractivity contribution is -0.118. The standard InChI is InChI=1S/C11H20N2O3S/c1-4-6-7-11(14)9-13-17(15,16)10(3)12-8-5-2/h5,8,13H,4,6-7,9H2,1-3H3/b8-5-,12-10?. The van der Waals surface area contributed by atoms with Crippen LogP contribution in [0.4, 0.5) is 0 Å². The van der Waals surface area contributed by atoms with Crippen LogP contribution in [0.15, 0.2) is 17.3 Å². The number of nitrogens with one attached hydrogen (secondary N) is 1. The van der Waals surface area contributed by atoms with Gasteiger partial charge in [-0.05, 0) is 20.3 Å². The third kappa shape index (κ3) is 7.01. The lowest BCUT2D eigenvalue weighted by Gasteiger charge is -2.04. The first-order valence-corrected chi connectivity index (χ1v) is 7.09. The summed E-state index contributed by atoms with van der Waals surface area (Å²) in [7, 11) is -3.62. The Labute approximate surface area is 103 Å². The smallest absolute Gasteiger partial charge is 0.254 e. The number of nitrogens with zero attached hydrogens (tertiary/aromatic N) is 1. The highest BCUT2D eigenvalue weighted by Gasteiger charge is 2.15. The van der Waals surface area contributed by atoms with Crippen LogP contribution in [0.5, 0.6) is 0 Å². The molecule has 0 heterocycles. The topological polar surface area (TPSA) is 75.6 Å². The molecular weight excluding hydrogens is 240 g/mol. The second kappa shape index (κ2) is 8.14. The monoisotopic (exact) mass is 260 g/mol. The molecule has 1 N–H and O–H groups in total. The molecule has 0 aliphatic heterocycles. The predicted octanol–water partition coefficient (Wildman–Crippen LogP) is 1.62. The molecule has 0 aliphatic carbocycles. The fraction of sp³-hybridized carbons (Fsp3) is 0.636. The van der Waals surface area contributed by atoms with Crippen LogP contribution in [0, 0.1) is 0 Å². The Morgan fingerprint density at radius 1 is 1.41 bits per heavy atom. The van der Waals surface area contributed by atoms with Crippen LogP contribution >= 0.6 is 0 Å². The number of carbonyl (C=O) groups is 1. The Kier molecular flexibility index (Phi) is 7.65. The zero-order chi connectivity index (χ0) is 13.3. The molecule has 0 spiro atoms. The lowest BCUT2D eigenvalue weighted by Crippen LogP contribution is -2.33. The number of Topliss-reactive ketones (excluding diaryl/α,β-unsaturated/α-hetero) is 1. The summed E-state index contributed by atoms with van der Waals surface area (Å²) in [6.45, 7) is 4.94. The van der Waals surface area contributed by atoms with Crippen LogP contribution in [0.1, 0.15) is 40.0 Å². The predicted molar refractivity (Wildman–Crippen MR) is 69.4 cm³/mol. The third-order valence-electron chi connectivity index (χ3n) is 2.06. The van der Waals surface area contributed by atoms with E-state index in [1.54, 1.807) is 13.0 Å². The van der Waals surface area contributed by atoms with E-state index in [1.165, 1.54) is 13.1 Å². The molecule has 0 rings (SSSR count). The fourth-order valence-corrected chi connectivity index (χ4v) is 1.75. The first kappa shape index (κ1) is 16.0. The largest absolute Gasteiger partial charge is 0.298 e. The van der Waals surface area contributed by atoms with Gasteiger partial charge in [0.1, 0.15) is 10.8 Å². The van der Waals surface area contributed by atoms with Crippen molar-refractivity contribution in [2.75, 3.05) is 6.54 Å². The van der Waals surface area contributed by atoms with Gasteiger partial charge in [0.05, 0.1) is 6.54 Å². The second-order valence-electron chi connectivity index (χ2n) is 3.60. The maximum absolute atomic E-state index is 11.6. The molecule has 0 aromatic rings. The lowest BCUT2D eigenvalue weighted by atomic mass is 10.2. The van der Waals surface area contributed by atoms with Gasteiger partial charge in [0.25, 0.3) is 10.0 Å². The first-order chi connectivity index (χ1) is 7.94. The molecule has 17 heavy (non-hydrogen) atoms. The summed E-state index contributed by atoms with van der Waals surface area (Å²) < 4.78 is 25.4. The SMILES string of the molecule is C/C=C\N=C(C)S(=O)(=O)NCC(=O)CCCC. The molecule has 0 aromatic carbocycles. The molecule has 0 saturated heterocycles. The summed E-state index contributed by atoms with van der Waals surface area (Å²) in [5.74, 6) is -0.103. The summed E-state index contributed by atoms with van der Waals surface area (Å²) in [4.78, 5) is 15.0. The number of ketones is 1. The summed E-state index contributed by atoms with van der Waals surface area (Å²) >= 11 is 0. The molecule has 0 aromatic heterocycles. The van der Waals surface area contributed by atoms with Gasteiger partial charge in [-0.25, -0.2) is 18.1 Å². The van der Waals surface area contributed by atoms with Gasteiger partial charge in [-0.1, -0.05) is 19.4 Å². The Morgan fingerprint density at radius 2 is 2.06 bits per heavy atom. The maximum Gasteiger partial charge on any atom is 0.254 e. The Morgan fingerprint density at radius 3 is 2.59 bits per heavy atom. The number of hydrogen-bond donors (Lipinski definition) is 1. The van der Waals surface area contributed by atoms with Crippen molar-refractivity contribution in [2.24, 2.45) is 4.99 Å². The molecule has 6 heteroatoms. The van der Waals surface area contributed by atoms with Gasteiger partial charge in [0.2, 0.25) is 0 Å². The van der Waals surface area contributed by atoms with Crippen LogP contribution < -0.4 is 4.72 Å². The first-order valence-electron chi connectivity index (χ1n) is 5.61. The van der Waals surface area contributed by atoms with Crippen LogP contribution in [0.25, 0.3) is 0 Å². The molecule has 0 fully saturated rings. The summed E-state index contributed by atoms with van der Waals surface area (Å²) in [6, 6.07) is 0. The maximum atomic E-state index is 11.6. The van der Waals surface area contributed by atoms with E-state index in [0.717, 1.165) is 12.8 Å². The fourth-order valence-electron chi connectivity index (χ4n) is 0.991. The third-order valence-corrected chi connectivity index (χ3v) is 3.47. The van der Waals surface area contributed by atoms with E-state index in [2.05, 4.69) is 9.71 Å². The Hall–Kier alpha value is -1.01. The summed E-state index contributed by atoms with van der Waals surface area (Å²) in [6.07, 6.45) is 5.13. The highest BCUT2D eigenvalue weighted by Crippen LogP contribution is 1.96. The molecule has 0 unspecified atom stereocenters. The van der Waals surface area contributed by atoms with Crippen LogP contribution in [0.2, 0.25) is 0 Å². The van der Waals surface area contributed by atoms with Gasteiger partial charge in [0.15, 0.2) is 0 Å². The minimum absolute atomic E-state index is 0.0427. The van der Waals surface area contributed by atoms with E-state index in [4.69, 9.17) is 0 Å². The number of allylic oxidation sites excluding steroid dienone is 1. The molecule has 0 radical (unpaired) electrons. The number of sulfonamides is 1. The molecular formula is C11H20N2O3S. The van der Waals surface area contributed by atoms with Gasteiger partial charge < -0.3 is 0 Å². The Bertz CT molecular complexity index is 397. The van der Waals surface area contributed by atoms with Gasteiger partial charge in [-0.3, -0.25) is 4.79 Å². The minimum atomic E-state index is -3.62. The molecule has 0 atom stereocenters. The van der Waals surface area contributed by atoms with Gasteiger partial charge in [-0.15, -0.1) is 0 Å². The normalized spacial score (nSPS) is 13.2. The molecule has 0 bridgehead atoms. The molecule has 0 saturated carbocycles. The highest BCUT2D eigenvalue weighted by molar-refractivity contribution is 8.04. The molecule has 0 aliphatic rings. The number of aliphatic imine (C=N–C) groups is 1. The second-order valence-corrected chi connectivity index (χ2v) is 5.48. The molecule has 5 nitrogen and oxygen atoms in total. The number of hydrogen-bond acceptors (Lipinski definition) is 4. The number of unbranched alkanes of at least 4 members (excludes halogenated alkanes) is 1. The van der Waals surface area contributed by atoms with E-state index in [-0.39, 0.29) is 17.4 Å². The minimum Gasteiger partial charge on any atom is -0.298 e. The van der Waals surface area contributed by atoms with Crippen LogP contribution in [-0.2, 0) is 14.8 Å². The summed E-state index contributed by atoms with van der Waals surface area (Å²) in [5, 5.41) is -0.0427. The van der Waals surface area contributed by atoms with Crippen molar-refractivity contribution >= 4 is 20.9 Å². The van der Waals surface area contributed by atoms with Crippen molar-refractivity contribution in [2.45, 2.75) is 40.0 Å². The number of rotatable bonds is 7. The zero-order valence-electron chi connectivity index (χ0n) is 10.6. The van der Waals surface area contributed by atoms with Crippen LogP contribution in [0.3, 0.4) is 0 Å². The van der Waals surface area contributed by atoms with E-state index in [9.17, 15) is 13.2 Å². The number of carbonyl (C=O) groups excluding carboxylic acids is 1. The van der Waals surface area contributed by atoms with E-state index in [1.807, 2.05) is 6.92 Å². The van der Waals surface area contributed by atoms with Crippen molar-refractivity contribution < 1.29 is 13.2 Å². The van der Waals surface area contributed by atoms with Crippen molar-refractivity contribution in [3.05, 3.63) is 12.3 Å². The Balaban J connectivity index is 4.32. The van der Waals surface area contributed by atoms with Gasteiger partial charge in [0, 0.05) is 12.6 Å². The average Bonchev–Trinajstić information content (AvgIpc) is 2.30. The molecule has 0 amide bonds. The van der Waals surface area contributed by atoms with Crippen LogP contribution in [-0.4, -0.2) is 25.8 Å². The average molecular weight is 260 g/mol. The quantitative estimate of drug-likeness (QED) is 0.558. The van der Waals surface area contributed by atoms with Crippen molar-refractivity contribution in [3.63, 3.8) is 0 Å². The van der Waals surface area contributed by atoms with Crippen molar-refractivity contribution in [1.82, 2.24) is 4.72 Å². The van der Waals surface area contributed by atoms with E-state index < -0.39 is 10.0 Å². The van der Waals surface area contributed by atoms with Gasteiger partial charge in [-0.2, -0.15) is 0 Å². The van der Waals surface area contributed by atoms with Crippen molar-refractivity contribution in [3.8, 4) is 0 Å². The van der Waals surface area contributed by atoms with E-state index >= 15 is 0 Å². The van der Waals surface area contributed by atoms with Gasteiger partial charge >= 0.3 is 0 Å². The summed E-state index contributed by atoms with van der Waals surface area (Å²) in [5.41, 5.74) is 0. The highest BCUT2D eigenvalue weighted by atomic mass is 32.2.